The summed E-state index contributed by atoms with van der Waals surface area (Å²) in [4.78, 5) is 5.30. The Bertz CT molecular complexity index is 3600. The van der Waals surface area contributed by atoms with Crippen molar-refractivity contribution >= 4 is 83.7 Å². The predicted molar refractivity (Wildman–Crippen MR) is 363 cm³/mol. The third-order valence-corrected chi connectivity index (χ3v) is 21.4. The Hall–Kier alpha value is -6.92. The van der Waals surface area contributed by atoms with Gasteiger partial charge >= 0.3 is 0 Å². The molecule has 81 heavy (non-hydrogen) atoms. The van der Waals surface area contributed by atoms with Crippen molar-refractivity contribution in [2.24, 2.45) is 0 Å². The van der Waals surface area contributed by atoms with Gasteiger partial charge in [0.15, 0.2) is 0 Å². The van der Waals surface area contributed by atoms with Crippen molar-refractivity contribution in [1.29, 1.82) is 0 Å². The van der Waals surface area contributed by atoms with Crippen LogP contribution < -0.4 is 36.6 Å². The Labute approximate surface area is 489 Å². The first-order chi connectivity index (χ1) is 38.0. The molecule has 0 amide bonds. The molecule has 0 radical (unpaired) electrons. The summed E-state index contributed by atoms with van der Waals surface area (Å²) in [5, 5.41) is 2.91. The highest BCUT2D eigenvalue weighted by Crippen LogP contribution is 2.47. The van der Waals surface area contributed by atoms with E-state index in [2.05, 4.69) is 320 Å². The highest BCUT2D eigenvalue weighted by molar-refractivity contribution is 7.00. The topological polar surface area (TPSA) is 6.48 Å². The lowest BCUT2D eigenvalue weighted by atomic mass is 9.33. The average Bonchev–Trinajstić information content (AvgIpc) is 3.61. The van der Waals surface area contributed by atoms with Crippen LogP contribution >= 0.6 is 0 Å². The molecule has 2 aliphatic heterocycles. The van der Waals surface area contributed by atoms with Gasteiger partial charge in [-0.3, -0.25) is 0 Å². The van der Waals surface area contributed by atoms with Crippen molar-refractivity contribution in [2.45, 2.75) is 144 Å². The first kappa shape index (κ1) is 56.0. The molecule has 0 N–H and O–H groups in total. The van der Waals surface area contributed by atoms with E-state index >= 15 is 0 Å². The second-order valence-electron chi connectivity index (χ2n) is 29.6. The summed E-state index contributed by atoms with van der Waals surface area (Å²) < 4.78 is 0. The summed E-state index contributed by atoms with van der Waals surface area (Å²) in [5.74, 6) is 0. The maximum atomic E-state index is 2.65. The second kappa shape index (κ2) is 19.9. The van der Waals surface area contributed by atoms with Crippen LogP contribution in [0, 0.1) is 0 Å². The third kappa shape index (κ3) is 10.3. The molecule has 2 aliphatic rings. The zero-order valence-electron chi connectivity index (χ0n) is 51.9. The minimum atomic E-state index is -1.88. The SMILES string of the molecule is CC(C)(C)c1cc(-c2ccccc2-c2ccc3c(c2)B2c4cc(-c5ccccc5-c5cc(C(C)(C)C)cc(C(C)(C)C)c5)ccc4N(c4ccccc4[Si](C)(C)C)c4cccc(c42)N3c2ccccc2[Si](C)(C)C)cc(C(C)(C)C)c1. The van der Waals surface area contributed by atoms with Crippen molar-refractivity contribution in [2.75, 3.05) is 9.80 Å². The molecule has 410 valence electrons. The Kier molecular flexibility index (Phi) is 13.8. The quantitative estimate of drug-likeness (QED) is 0.140. The highest BCUT2D eigenvalue weighted by Gasteiger charge is 2.45. The number of para-hydroxylation sites is 2. The third-order valence-electron chi connectivity index (χ3n) is 17.3. The smallest absolute Gasteiger partial charge is 0.252 e. The van der Waals surface area contributed by atoms with E-state index in [0.29, 0.717) is 0 Å². The lowest BCUT2D eigenvalue weighted by Crippen LogP contribution is -2.62. The minimum Gasteiger partial charge on any atom is -0.312 e. The van der Waals surface area contributed by atoms with Crippen LogP contribution in [-0.4, -0.2) is 22.9 Å². The van der Waals surface area contributed by atoms with Gasteiger partial charge in [0, 0.05) is 34.1 Å². The van der Waals surface area contributed by atoms with Gasteiger partial charge in [-0.15, -0.1) is 0 Å². The van der Waals surface area contributed by atoms with Gasteiger partial charge in [0.05, 0.1) is 16.1 Å². The van der Waals surface area contributed by atoms with E-state index in [1.807, 2.05) is 0 Å². The Morgan fingerprint density at radius 1 is 0.284 bits per heavy atom. The monoisotopic (exact) mass is 1090 g/mol. The number of fused-ring (bicyclic) bond motifs is 4. The van der Waals surface area contributed by atoms with E-state index in [9.17, 15) is 0 Å². The van der Waals surface area contributed by atoms with Crippen molar-refractivity contribution in [3.05, 3.63) is 210 Å². The normalized spacial score (nSPS) is 13.7. The van der Waals surface area contributed by atoms with Gasteiger partial charge in [-0.1, -0.05) is 274 Å². The van der Waals surface area contributed by atoms with E-state index in [1.165, 1.54) is 128 Å². The van der Waals surface area contributed by atoms with Gasteiger partial charge in [0.25, 0.3) is 6.71 Å². The van der Waals surface area contributed by atoms with Crippen LogP contribution in [0.3, 0.4) is 0 Å². The molecule has 2 nitrogen and oxygen atoms in total. The van der Waals surface area contributed by atoms with E-state index < -0.39 is 16.1 Å². The maximum Gasteiger partial charge on any atom is 0.252 e. The van der Waals surface area contributed by atoms with E-state index in [1.54, 1.807) is 0 Å². The Balaban J connectivity index is 1.23. The average molecular weight is 1090 g/mol. The van der Waals surface area contributed by atoms with Gasteiger partial charge in [0.1, 0.15) is 0 Å². The van der Waals surface area contributed by atoms with E-state index in [-0.39, 0.29) is 28.4 Å². The zero-order chi connectivity index (χ0) is 57.9. The summed E-state index contributed by atoms with van der Waals surface area (Å²) in [7, 11) is -3.76. The van der Waals surface area contributed by atoms with Crippen LogP contribution in [0.15, 0.2) is 188 Å². The number of hydrogen-bond donors (Lipinski definition) is 0. The van der Waals surface area contributed by atoms with Gasteiger partial charge in [-0.05, 0) is 152 Å². The van der Waals surface area contributed by atoms with Crippen molar-refractivity contribution in [3.8, 4) is 44.5 Å². The van der Waals surface area contributed by atoms with Crippen LogP contribution in [0.5, 0.6) is 0 Å². The molecular formula is C76H85BN2Si2. The molecule has 5 heteroatoms. The largest absolute Gasteiger partial charge is 0.312 e. The first-order valence-corrected chi connectivity index (χ1v) is 36.7. The van der Waals surface area contributed by atoms with Crippen molar-refractivity contribution in [3.63, 3.8) is 0 Å². The van der Waals surface area contributed by atoms with E-state index in [0.717, 1.165) is 0 Å². The van der Waals surface area contributed by atoms with E-state index in [4.69, 9.17) is 0 Å². The molecule has 0 saturated carbocycles. The molecule has 2 heterocycles. The van der Waals surface area contributed by atoms with Gasteiger partial charge in [-0.25, -0.2) is 0 Å². The molecule has 0 aliphatic carbocycles. The van der Waals surface area contributed by atoms with Gasteiger partial charge < -0.3 is 9.80 Å². The molecule has 11 rings (SSSR count). The molecular weight excluding hydrogens is 1010 g/mol. The standard InChI is InChI=1S/C76H85BN2Si2/c1-73(2,3)54-42-52(43-55(48-54)74(4,5)6)60-30-21-19-28-58(60)50-38-40-64-62(46-50)77-63-47-51(59-29-20-22-31-61(59)53-44-56(75(7,8)9)49-57(45-53)76(10,11)12)39-41-65(63)79(67-33-24-26-37-71(67)81(16,17)18)69-35-27-34-68(72(69)77)78(64)66-32-23-25-36-70(66)80(13,14)15/h19-49H,1-18H3. The molecule has 0 unspecified atom stereocenters. The molecule has 9 aromatic carbocycles. The minimum absolute atomic E-state index is 0.0133. The molecule has 0 aromatic heterocycles. The number of nitrogens with zero attached hydrogens (tertiary/aromatic N) is 2. The van der Waals surface area contributed by atoms with Gasteiger partial charge in [-0.2, -0.15) is 0 Å². The summed E-state index contributed by atoms with van der Waals surface area (Å²) >= 11 is 0. The fraction of sp³-hybridized carbons (Fsp3) is 0.289. The van der Waals surface area contributed by atoms with Crippen LogP contribution in [-0.2, 0) is 21.7 Å². The zero-order valence-corrected chi connectivity index (χ0v) is 53.9. The number of hydrogen-bond acceptors (Lipinski definition) is 2. The molecule has 9 aromatic rings. The number of rotatable bonds is 8. The predicted octanol–water partition coefficient (Wildman–Crippen LogP) is 18.7. The molecule has 0 bridgehead atoms. The summed E-state index contributed by atoms with van der Waals surface area (Å²) in [6.07, 6.45) is 0. The number of anilines is 6. The molecule has 0 fully saturated rings. The highest BCUT2D eigenvalue weighted by atomic mass is 28.3. The van der Waals surface area contributed by atoms with Crippen LogP contribution in [0.25, 0.3) is 44.5 Å². The Morgan fingerprint density at radius 3 is 0.901 bits per heavy atom. The molecule has 0 atom stereocenters. The summed E-state index contributed by atoms with van der Waals surface area (Å²) in [5.41, 5.74) is 26.9. The van der Waals surface area contributed by atoms with Crippen LogP contribution in [0.2, 0.25) is 39.3 Å². The summed E-state index contributed by atoms with van der Waals surface area (Å²) in [6.45, 7) is 43.0. The fourth-order valence-corrected chi connectivity index (χ4v) is 15.8. The maximum absolute atomic E-state index is 2.65. The van der Waals surface area contributed by atoms with Crippen molar-refractivity contribution in [1.82, 2.24) is 0 Å². The van der Waals surface area contributed by atoms with Crippen LogP contribution in [0.4, 0.5) is 34.1 Å². The van der Waals surface area contributed by atoms with Crippen molar-refractivity contribution < 1.29 is 0 Å². The Morgan fingerprint density at radius 2 is 0.580 bits per heavy atom. The number of benzene rings is 9. The van der Waals surface area contributed by atoms with Crippen LogP contribution in [0.1, 0.15) is 105 Å². The lowest BCUT2D eigenvalue weighted by Gasteiger charge is -2.45. The fourth-order valence-electron chi connectivity index (χ4n) is 12.7. The first-order valence-electron chi connectivity index (χ1n) is 29.7. The van der Waals surface area contributed by atoms with Gasteiger partial charge in [0.2, 0.25) is 0 Å². The summed E-state index contributed by atoms with van der Waals surface area (Å²) in [6, 6.07) is 73.7. The molecule has 0 spiro atoms. The lowest BCUT2D eigenvalue weighted by molar-refractivity contribution is 0.568. The molecule has 0 saturated heterocycles. The second-order valence-corrected chi connectivity index (χ2v) is 39.7.